The summed E-state index contributed by atoms with van der Waals surface area (Å²) >= 11 is 3.33. The Labute approximate surface area is 145 Å². The van der Waals surface area contributed by atoms with Crippen LogP contribution in [0.1, 0.15) is 36.5 Å². The maximum absolute atomic E-state index is 11.9. The molecule has 0 aromatic heterocycles. The fourth-order valence-corrected chi connectivity index (χ4v) is 3.28. The third-order valence-corrected chi connectivity index (χ3v) is 4.90. The van der Waals surface area contributed by atoms with Gasteiger partial charge in [-0.15, -0.1) is 0 Å². The van der Waals surface area contributed by atoms with E-state index in [1.165, 1.54) is 19.4 Å². The maximum atomic E-state index is 11.9. The highest BCUT2D eigenvalue weighted by Crippen LogP contribution is 2.10. The molecule has 1 aromatic carbocycles. The van der Waals surface area contributed by atoms with Crippen LogP contribution in [0.4, 0.5) is 0 Å². The molecule has 2 amide bonds. The van der Waals surface area contributed by atoms with Crippen molar-refractivity contribution in [1.82, 2.24) is 10.6 Å². The standard InChI is InChI=1S/C17H24BrN3O2/c1-2-21-11-3-4-15(21)12-20-16(22)9-10-19-17(23)13-5-7-14(18)8-6-13/h5-8,15H,2-4,9-12H2,1H3,(H,19,23)(H,20,22)/p+1/t15-/m1/s1. The lowest BCUT2D eigenvalue weighted by molar-refractivity contribution is -0.909. The molecule has 6 heteroatoms. The third kappa shape index (κ3) is 5.62. The molecule has 5 nitrogen and oxygen atoms in total. The van der Waals surface area contributed by atoms with Gasteiger partial charge in [-0.1, -0.05) is 15.9 Å². The number of quaternary nitrogens is 1. The van der Waals surface area contributed by atoms with Crippen molar-refractivity contribution in [3.05, 3.63) is 34.3 Å². The van der Waals surface area contributed by atoms with Gasteiger partial charge >= 0.3 is 0 Å². The number of nitrogens with one attached hydrogen (secondary N) is 3. The highest BCUT2D eigenvalue weighted by Gasteiger charge is 2.26. The monoisotopic (exact) mass is 382 g/mol. The van der Waals surface area contributed by atoms with E-state index in [0.29, 0.717) is 24.6 Å². The van der Waals surface area contributed by atoms with Crippen molar-refractivity contribution in [3.8, 4) is 0 Å². The topological polar surface area (TPSA) is 62.6 Å². The summed E-state index contributed by atoms with van der Waals surface area (Å²) < 4.78 is 0.934. The van der Waals surface area contributed by atoms with Gasteiger partial charge < -0.3 is 15.5 Å². The Morgan fingerprint density at radius 3 is 2.70 bits per heavy atom. The fourth-order valence-electron chi connectivity index (χ4n) is 3.01. The summed E-state index contributed by atoms with van der Waals surface area (Å²) in [4.78, 5) is 25.4. The molecule has 1 aliphatic rings. The molecule has 1 saturated heterocycles. The summed E-state index contributed by atoms with van der Waals surface area (Å²) in [5.74, 6) is -0.147. The molecule has 1 aliphatic heterocycles. The summed E-state index contributed by atoms with van der Waals surface area (Å²) in [7, 11) is 0. The lowest BCUT2D eigenvalue weighted by atomic mass is 10.2. The van der Waals surface area contributed by atoms with Crippen LogP contribution in [0.25, 0.3) is 0 Å². The highest BCUT2D eigenvalue weighted by atomic mass is 79.9. The zero-order chi connectivity index (χ0) is 16.7. The predicted molar refractivity (Wildman–Crippen MR) is 93.5 cm³/mol. The first-order chi connectivity index (χ1) is 11.1. The van der Waals surface area contributed by atoms with Gasteiger partial charge in [0.2, 0.25) is 5.91 Å². The van der Waals surface area contributed by atoms with Crippen molar-refractivity contribution in [1.29, 1.82) is 0 Å². The summed E-state index contributed by atoms with van der Waals surface area (Å²) in [6, 6.07) is 7.70. The van der Waals surface area contributed by atoms with Crippen molar-refractivity contribution < 1.29 is 14.5 Å². The summed E-state index contributed by atoms with van der Waals surface area (Å²) in [5.41, 5.74) is 0.599. The first-order valence-corrected chi connectivity index (χ1v) is 9.04. The van der Waals surface area contributed by atoms with Crippen LogP contribution >= 0.6 is 15.9 Å². The number of likely N-dealkylation sites (N-methyl/N-ethyl adjacent to an activating group) is 1. The highest BCUT2D eigenvalue weighted by molar-refractivity contribution is 9.10. The molecule has 0 bridgehead atoms. The van der Waals surface area contributed by atoms with Crippen LogP contribution in [0.2, 0.25) is 0 Å². The van der Waals surface area contributed by atoms with Crippen LogP contribution in [0, 0.1) is 0 Å². The van der Waals surface area contributed by atoms with Gasteiger partial charge in [0.1, 0.15) is 6.04 Å². The zero-order valence-electron chi connectivity index (χ0n) is 13.5. The zero-order valence-corrected chi connectivity index (χ0v) is 15.1. The van der Waals surface area contributed by atoms with E-state index in [1.807, 2.05) is 12.1 Å². The summed E-state index contributed by atoms with van der Waals surface area (Å²) in [6.45, 7) is 5.61. The number of carbonyl (C=O) groups is 2. The quantitative estimate of drug-likeness (QED) is 0.651. The Bertz CT molecular complexity index is 533. The van der Waals surface area contributed by atoms with Crippen molar-refractivity contribution in [3.63, 3.8) is 0 Å². The Balaban J connectivity index is 1.64. The molecular weight excluding hydrogens is 358 g/mol. The second-order valence-electron chi connectivity index (χ2n) is 5.92. The van der Waals surface area contributed by atoms with Crippen LogP contribution < -0.4 is 15.5 Å². The van der Waals surface area contributed by atoms with Gasteiger partial charge in [-0.05, 0) is 31.2 Å². The Hall–Kier alpha value is -1.40. The Kier molecular flexibility index (Phi) is 7.05. The number of rotatable bonds is 7. The van der Waals surface area contributed by atoms with E-state index in [2.05, 4.69) is 33.5 Å². The molecular formula is C17H25BrN3O2+. The van der Waals surface area contributed by atoms with E-state index in [4.69, 9.17) is 0 Å². The van der Waals surface area contributed by atoms with Gasteiger partial charge in [0.05, 0.1) is 19.6 Å². The van der Waals surface area contributed by atoms with E-state index in [-0.39, 0.29) is 11.8 Å². The molecule has 0 saturated carbocycles. The molecule has 0 aliphatic carbocycles. The molecule has 126 valence electrons. The number of amides is 2. The molecule has 1 fully saturated rings. The fraction of sp³-hybridized carbons (Fsp3) is 0.529. The SMILES string of the molecule is CC[NH+]1CCC[C@@H]1CNC(=O)CCNC(=O)c1ccc(Br)cc1. The number of hydrogen-bond donors (Lipinski definition) is 3. The largest absolute Gasteiger partial charge is 0.352 e. The van der Waals surface area contributed by atoms with Crippen LogP contribution in [0.5, 0.6) is 0 Å². The van der Waals surface area contributed by atoms with Crippen LogP contribution in [-0.4, -0.2) is 44.0 Å². The van der Waals surface area contributed by atoms with E-state index in [1.54, 1.807) is 17.0 Å². The molecule has 3 N–H and O–H groups in total. The van der Waals surface area contributed by atoms with Crippen molar-refractivity contribution >= 4 is 27.7 Å². The number of hydrogen-bond acceptors (Lipinski definition) is 2. The van der Waals surface area contributed by atoms with E-state index >= 15 is 0 Å². The smallest absolute Gasteiger partial charge is 0.251 e. The second-order valence-corrected chi connectivity index (χ2v) is 6.83. The summed E-state index contributed by atoms with van der Waals surface area (Å²) in [6.07, 6.45) is 2.74. The van der Waals surface area contributed by atoms with Gasteiger partial charge in [-0.3, -0.25) is 9.59 Å². The average Bonchev–Trinajstić information content (AvgIpc) is 3.01. The minimum atomic E-state index is -0.150. The molecule has 2 atom stereocenters. The minimum Gasteiger partial charge on any atom is -0.352 e. The van der Waals surface area contributed by atoms with Gasteiger partial charge in [0.15, 0.2) is 0 Å². The molecule has 1 unspecified atom stereocenters. The van der Waals surface area contributed by atoms with Gasteiger partial charge in [-0.25, -0.2) is 0 Å². The van der Waals surface area contributed by atoms with Gasteiger partial charge in [0.25, 0.3) is 5.91 Å². The van der Waals surface area contributed by atoms with Crippen molar-refractivity contribution in [2.24, 2.45) is 0 Å². The van der Waals surface area contributed by atoms with Crippen LogP contribution in [0.15, 0.2) is 28.7 Å². The van der Waals surface area contributed by atoms with Crippen LogP contribution in [-0.2, 0) is 4.79 Å². The van der Waals surface area contributed by atoms with E-state index in [9.17, 15) is 9.59 Å². The van der Waals surface area contributed by atoms with Crippen molar-refractivity contribution in [2.75, 3.05) is 26.2 Å². The second kappa shape index (κ2) is 9.03. The lowest BCUT2D eigenvalue weighted by Gasteiger charge is -2.20. The third-order valence-electron chi connectivity index (χ3n) is 4.37. The van der Waals surface area contributed by atoms with Crippen LogP contribution in [0.3, 0.4) is 0 Å². The molecule has 2 rings (SSSR count). The van der Waals surface area contributed by atoms with E-state index < -0.39 is 0 Å². The normalized spacial score (nSPS) is 20.3. The molecule has 23 heavy (non-hydrogen) atoms. The molecule has 0 spiro atoms. The van der Waals surface area contributed by atoms with Gasteiger partial charge in [-0.2, -0.15) is 0 Å². The summed E-state index contributed by atoms with van der Waals surface area (Å²) in [5, 5.41) is 5.77. The lowest BCUT2D eigenvalue weighted by Crippen LogP contribution is -3.14. The predicted octanol–water partition coefficient (Wildman–Crippen LogP) is 0.752. The number of benzene rings is 1. The molecule has 0 radical (unpaired) electrons. The maximum Gasteiger partial charge on any atom is 0.251 e. The van der Waals surface area contributed by atoms with Gasteiger partial charge in [0, 0.05) is 35.8 Å². The number of carbonyl (C=O) groups excluding carboxylic acids is 2. The first kappa shape index (κ1) is 17.9. The molecule has 1 heterocycles. The first-order valence-electron chi connectivity index (χ1n) is 8.25. The number of likely N-dealkylation sites (tertiary alicyclic amines) is 1. The number of halogens is 1. The average molecular weight is 383 g/mol. The van der Waals surface area contributed by atoms with E-state index in [0.717, 1.165) is 17.6 Å². The Morgan fingerprint density at radius 2 is 2.00 bits per heavy atom. The van der Waals surface area contributed by atoms with Crippen molar-refractivity contribution in [2.45, 2.75) is 32.2 Å². The minimum absolute atomic E-state index is 0.00320. The molecule has 1 aromatic rings. The Morgan fingerprint density at radius 1 is 1.26 bits per heavy atom.